The van der Waals surface area contributed by atoms with E-state index < -0.39 is 0 Å². The Hall–Kier alpha value is -2.58. The van der Waals surface area contributed by atoms with E-state index in [1.54, 1.807) is 24.6 Å². The normalized spacial score (nSPS) is 14.3. The molecule has 0 spiro atoms. The van der Waals surface area contributed by atoms with E-state index in [9.17, 15) is 0 Å². The van der Waals surface area contributed by atoms with Gasteiger partial charge in [0, 0.05) is 29.7 Å². The molecule has 0 atom stereocenters. The van der Waals surface area contributed by atoms with Crippen molar-refractivity contribution in [3.63, 3.8) is 0 Å². The van der Waals surface area contributed by atoms with Crippen LogP contribution in [0.4, 0.5) is 17.5 Å². The van der Waals surface area contributed by atoms with Crippen molar-refractivity contribution in [1.82, 2.24) is 14.9 Å². The number of anilines is 3. The molecule has 0 bridgehead atoms. The van der Waals surface area contributed by atoms with Gasteiger partial charge in [-0.15, -0.1) is 11.3 Å². The van der Waals surface area contributed by atoms with Gasteiger partial charge in [0.05, 0.1) is 19.9 Å². The molecule has 3 aromatic heterocycles. The Morgan fingerprint density at radius 3 is 2.83 bits per heavy atom. The molecule has 7 nitrogen and oxygen atoms in total. The Bertz CT molecular complexity index is 955. The average Bonchev–Trinajstić information content (AvgIpc) is 3.43. The van der Waals surface area contributed by atoms with E-state index in [1.165, 1.54) is 30.6 Å². The molecule has 0 saturated carbocycles. The number of hydrogen-bond donors (Lipinski definition) is 2. The van der Waals surface area contributed by atoms with Crippen molar-refractivity contribution in [2.75, 3.05) is 51.0 Å². The van der Waals surface area contributed by atoms with Gasteiger partial charge in [-0.05, 0) is 49.9 Å². The third-order valence-corrected chi connectivity index (χ3v) is 5.94. The first-order chi connectivity index (χ1) is 14.3. The number of likely N-dealkylation sites (tertiary alicyclic amines) is 1. The third-order valence-electron chi connectivity index (χ3n) is 5.08. The van der Waals surface area contributed by atoms with Crippen LogP contribution in [0.2, 0.25) is 0 Å². The van der Waals surface area contributed by atoms with Crippen molar-refractivity contribution in [1.29, 1.82) is 0 Å². The van der Waals surface area contributed by atoms with E-state index in [0.717, 1.165) is 30.0 Å². The van der Waals surface area contributed by atoms with Crippen LogP contribution >= 0.6 is 11.3 Å². The van der Waals surface area contributed by atoms with Crippen LogP contribution in [0, 0.1) is 0 Å². The van der Waals surface area contributed by atoms with Crippen molar-refractivity contribution in [3.8, 4) is 11.5 Å². The number of fused-ring (bicyclic) bond motifs is 1. The number of ether oxygens (including phenoxy) is 2. The minimum Gasteiger partial charge on any atom is -0.491 e. The molecule has 0 unspecified atom stereocenters. The summed E-state index contributed by atoms with van der Waals surface area (Å²) in [5, 5.41) is 9.58. The van der Waals surface area contributed by atoms with Gasteiger partial charge in [-0.2, -0.15) is 0 Å². The molecule has 4 rings (SSSR count). The zero-order valence-electron chi connectivity index (χ0n) is 16.9. The molecule has 1 fully saturated rings. The molecule has 0 amide bonds. The summed E-state index contributed by atoms with van der Waals surface area (Å²) in [5.74, 6) is 3.58. The highest BCUT2D eigenvalue weighted by Gasteiger charge is 2.13. The standard InChI is InChI=1S/C21H27N5O2S/c1-22-19-13-18-15(6-11-29-18)21(24-19)25-20-12-16(17(27-2)14-23-20)28-10-5-9-26-7-3-4-8-26/h6,11-14H,3-5,7-10H2,1-2H3,(H2,22,23,24,25). The van der Waals surface area contributed by atoms with Gasteiger partial charge in [0.1, 0.15) is 17.5 Å². The fourth-order valence-corrected chi connectivity index (χ4v) is 4.37. The van der Waals surface area contributed by atoms with E-state index in [4.69, 9.17) is 9.47 Å². The lowest BCUT2D eigenvalue weighted by Crippen LogP contribution is -2.21. The van der Waals surface area contributed by atoms with Gasteiger partial charge in [0.2, 0.25) is 0 Å². The molecule has 0 aromatic carbocycles. The zero-order chi connectivity index (χ0) is 20.1. The summed E-state index contributed by atoms with van der Waals surface area (Å²) < 4.78 is 12.6. The molecule has 3 aromatic rings. The topological polar surface area (TPSA) is 71.5 Å². The fraction of sp³-hybridized carbons (Fsp3) is 0.429. The minimum absolute atomic E-state index is 0.634. The van der Waals surface area contributed by atoms with Crippen molar-refractivity contribution in [2.24, 2.45) is 0 Å². The quantitative estimate of drug-likeness (QED) is 0.505. The van der Waals surface area contributed by atoms with Gasteiger partial charge >= 0.3 is 0 Å². The molecule has 0 aliphatic carbocycles. The number of rotatable bonds is 9. The molecule has 4 heterocycles. The van der Waals surface area contributed by atoms with Crippen LogP contribution in [-0.2, 0) is 0 Å². The number of methoxy groups -OCH3 is 1. The third kappa shape index (κ3) is 4.71. The van der Waals surface area contributed by atoms with Crippen LogP contribution in [0.3, 0.4) is 0 Å². The van der Waals surface area contributed by atoms with Crippen LogP contribution in [0.5, 0.6) is 11.5 Å². The highest BCUT2D eigenvalue weighted by molar-refractivity contribution is 7.17. The number of aromatic nitrogens is 2. The molecule has 1 aliphatic heterocycles. The molecular formula is C21H27N5O2S. The van der Waals surface area contributed by atoms with Gasteiger partial charge in [0.25, 0.3) is 0 Å². The van der Waals surface area contributed by atoms with E-state index in [2.05, 4.69) is 36.9 Å². The first-order valence-corrected chi connectivity index (χ1v) is 10.9. The molecule has 1 saturated heterocycles. The summed E-state index contributed by atoms with van der Waals surface area (Å²) >= 11 is 1.69. The van der Waals surface area contributed by atoms with Crippen LogP contribution < -0.4 is 20.1 Å². The van der Waals surface area contributed by atoms with Crippen LogP contribution in [0.15, 0.2) is 29.8 Å². The Kier molecular flexibility index (Phi) is 6.31. The molecule has 2 N–H and O–H groups in total. The first kappa shape index (κ1) is 19.7. The molecule has 154 valence electrons. The summed E-state index contributed by atoms with van der Waals surface area (Å²) in [6, 6.07) is 5.98. The zero-order valence-corrected chi connectivity index (χ0v) is 17.7. The first-order valence-electron chi connectivity index (χ1n) is 9.99. The van der Waals surface area contributed by atoms with Crippen molar-refractivity contribution >= 4 is 38.9 Å². The van der Waals surface area contributed by atoms with Gasteiger partial charge in [-0.3, -0.25) is 0 Å². The van der Waals surface area contributed by atoms with Gasteiger partial charge in [-0.1, -0.05) is 0 Å². The van der Waals surface area contributed by atoms with Crippen molar-refractivity contribution in [3.05, 3.63) is 29.8 Å². The maximum absolute atomic E-state index is 6.02. The Morgan fingerprint density at radius 2 is 2.03 bits per heavy atom. The average molecular weight is 414 g/mol. The monoisotopic (exact) mass is 413 g/mol. The Balaban J connectivity index is 1.47. The summed E-state index contributed by atoms with van der Waals surface area (Å²) in [5.41, 5.74) is 0. The van der Waals surface area contributed by atoms with E-state index in [0.29, 0.717) is 23.9 Å². The van der Waals surface area contributed by atoms with E-state index in [-0.39, 0.29) is 0 Å². The van der Waals surface area contributed by atoms with E-state index in [1.807, 2.05) is 19.2 Å². The molecular weight excluding hydrogens is 386 g/mol. The van der Waals surface area contributed by atoms with Crippen LogP contribution in [-0.4, -0.2) is 55.3 Å². The summed E-state index contributed by atoms with van der Waals surface area (Å²) in [7, 11) is 3.50. The summed E-state index contributed by atoms with van der Waals surface area (Å²) in [4.78, 5) is 11.6. The van der Waals surface area contributed by atoms with Crippen molar-refractivity contribution in [2.45, 2.75) is 19.3 Å². The fourth-order valence-electron chi connectivity index (χ4n) is 3.55. The Morgan fingerprint density at radius 1 is 1.17 bits per heavy atom. The van der Waals surface area contributed by atoms with Crippen LogP contribution in [0.1, 0.15) is 19.3 Å². The van der Waals surface area contributed by atoms with Gasteiger partial charge in [0.15, 0.2) is 11.5 Å². The molecule has 1 aliphatic rings. The molecule has 8 heteroatoms. The lowest BCUT2D eigenvalue weighted by molar-refractivity contribution is 0.254. The largest absolute Gasteiger partial charge is 0.491 e. The predicted octanol–water partition coefficient (Wildman–Crippen LogP) is 4.35. The lowest BCUT2D eigenvalue weighted by Gasteiger charge is -2.16. The molecule has 29 heavy (non-hydrogen) atoms. The second kappa shape index (κ2) is 9.28. The minimum atomic E-state index is 0.634. The maximum Gasteiger partial charge on any atom is 0.179 e. The summed E-state index contributed by atoms with van der Waals surface area (Å²) in [6.07, 6.45) is 5.31. The number of nitrogens with one attached hydrogen (secondary N) is 2. The van der Waals surface area contributed by atoms with Gasteiger partial charge in [-0.25, -0.2) is 9.97 Å². The number of thiophene rings is 1. The SMILES string of the molecule is CNc1cc2sccc2c(Nc2cc(OCCCN3CCCC3)c(OC)cn2)n1. The lowest BCUT2D eigenvalue weighted by atomic mass is 10.3. The highest BCUT2D eigenvalue weighted by Crippen LogP contribution is 2.33. The van der Waals surface area contributed by atoms with Crippen molar-refractivity contribution < 1.29 is 9.47 Å². The number of hydrogen-bond acceptors (Lipinski definition) is 8. The second-order valence-corrected chi connectivity index (χ2v) is 7.98. The van der Waals surface area contributed by atoms with Crippen LogP contribution in [0.25, 0.3) is 10.1 Å². The predicted molar refractivity (Wildman–Crippen MR) is 119 cm³/mol. The molecule has 0 radical (unpaired) electrons. The summed E-state index contributed by atoms with van der Waals surface area (Å²) in [6.45, 7) is 4.15. The van der Waals surface area contributed by atoms with E-state index >= 15 is 0 Å². The number of nitrogens with zero attached hydrogens (tertiary/aromatic N) is 3. The Labute approximate surface area is 175 Å². The second-order valence-electron chi connectivity index (χ2n) is 7.03. The highest BCUT2D eigenvalue weighted by atomic mass is 32.1. The smallest absolute Gasteiger partial charge is 0.179 e. The van der Waals surface area contributed by atoms with Gasteiger partial charge < -0.3 is 25.0 Å². The maximum atomic E-state index is 6.02. The number of pyridine rings is 2.